The Morgan fingerprint density at radius 3 is 2.26 bits per heavy atom. The van der Waals surface area contributed by atoms with Gasteiger partial charge in [0.15, 0.2) is 0 Å². The topological polar surface area (TPSA) is 86.8 Å². The Labute approximate surface area is 238 Å². The molecule has 0 heterocycles. The average molecular weight is 621 g/mol. The van der Waals surface area contributed by atoms with Gasteiger partial charge in [-0.3, -0.25) is 13.9 Å². The molecule has 0 saturated heterocycles. The maximum absolute atomic E-state index is 14.0. The number of halogens is 2. The quantitative estimate of drug-likeness (QED) is 0.329. The molecule has 0 spiro atoms. The number of hydrogen-bond acceptors (Lipinski definition) is 4. The summed E-state index contributed by atoms with van der Waals surface area (Å²) in [6, 6.07) is 20.9. The first-order valence-electron chi connectivity index (χ1n) is 12.1. The highest BCUT2D eigenvalue weighted by atomic mass is 79.9. The van der Waals surface area contributed by atoms with E-state index in [2.05, 4.69) is 21.2 Å². The Bertz CT molecular complexity index is 1370. The van der Waals surface area contributed by atoms with E-state index in [0.717, 1.165) is 26.2 Å². The number of amides is 2. The fourth-order valence-corrected chi connectivity index (χ4v) is 5.41. The van der Waals surface area contributed by atoms with Gasteiger partial charge >= 0.3 is 0 Å². The van der Waals surface area contributed by atoms with Crippen LogP contribution in [0.4, 0.5) is 5.69 Å². The molecule has 3 aromatic carbocycles. The molecule has 3 rings (SSSR count). The predicted octanol–water partition coefficient (Wildman–Crippen LogP) is 4.95. The van der Waals surface area contributed by atoms with Crippen molar-refractivity contribution in [2.45, 2.75) is 32.9 Å². The Hall–Kier alpha value is -2.88. The summed E-state index contributed by atoms with van der Waals surface area (Å²) in [6.07, 6.45) is 1.31. The van der Waals surface area contributed by atoms with Gasteiger partial charge in [0.1, 0.15) is 12.6 Å². The second-order valence-electron chi connectivity index (χ2n) is 8.95. The van der Waals surface area contributed by atoms with Crippen molar-refractivity contribution >= 4 is 55.1 Å². The minimum absolute atomic E-state index is 0.118. The van der Waals surface area contributed by atoms with Crippen LogP contribution in [0.3, 0.4) is 0 Å². The molecule has 0 saturated carbocycles. The molecular weight excluding hydrogens is 590 g/mol. The van der Waals surface area contributed by atoms with Crippen LogP contribution in [0.2, 0.25) is 5.02 Å². The maximum atomic E-state index is 14.0. The van der Waals surface area contributed by atoms with Crippen molar-refractivity contribution in [2.24, 2.45) is 0 Å². The predicted molar refractivity (Wildman–Crippen MR) is 156 cm³/mol. The van der Waals surface area contributed by atoms with E-state index in [9.17, 15) is 18.0 Å². The van der Waals surface area contributed by atoms with E-state index in [4.69, 9.17) is 11.6 Å². The zero-order chi connectivity index (χ0) is 27.9. The van der Waals surface area contributed by atoms with Crippen LogP contribution in [-0.2, 0) is 32.6 Å². The van der Waals surface area contributed by atoms with E-state index in [1.807, 2.05) is 61.5 Å². The average Bonchev–Trinajstić information content (AvgIpc) is 2.87. The van der Waals surface area contributed by atoms with Crippen molar-refractivity contribution in [3.63, 3.8) is 0 Å². The van der Waals surface area contributed by atoms with Gasteiger partial charge in [0.2, 0.25) is 21.8 Å². The smallest absolute Gasteiger partial charge is 0.244 e. The number of rotatable bonds is 11. The third-order valence-corrected chi connectivity index (χ3v) is 7.90. The van der Waals surface area contributed by atoms with Crippen LogP contribution in [-0.4, -0.2) is 50.5 Å². The van der Waals surface area contributed by atoms with E-state index in [1.54, 1.807) is 19.1 Å². The summed E-state index contributed by atoms with van der Waals surface area (Å²) in [6.45, 7) is 3.59. The molecule has 0 bridgehead atoms. The fraction of sp³-hybridized carbons (Fsp3) is 0.286. The Morgan fingerprint density at radius 1 is 1.00 bits per heavy atom. The van der Waals surface area contributed by atoms with Crippen molar-refractivity contribution in [3.05, 3.63) is 99.0 Å². The van der Waals surface area contributed by atoms with Gasteiger partial charge in [0.25, 0.3) is 0 Å². The van der Waals surface area contributed by atoms with E-state index >= 15 is 0 Å². The van der Waals surface area contributed by atoms with Gasteiger partial charge in [-0.25, -0.2) is 8.42 Å². The SMILES string of the molecule is CCNC(=O)C(Cc1ccccc1)N(Cc1ccc(Br)cc1)C(=O)CN(c1cc(Cl)ccc1C)S(C)(=O)=O. The van der Waals surface area contributed by atoms with Gasteiger partial charge in [-0.05, 0) is 54.8 Å². The Morgan fingerprint density at radius 2 is 1.66 bits per heavy atom. The molecule has 3 aromatic rings. The molecule has 0 aliphatic heterocycles. The highest BCUT2D eigenvalue weighted by molar-refractivity contribution is 9.10. The van der Waals surface area contributed by atoms with Gasteiger partial charge in [-0.15, -0.1) is 0 Å². The lowest BCUT2D eigenvalue weighted by Gasteiger charge is -2.33. The molecule has 0 aliphatic rings. The van der Waals surface area contributed by atoms with Crippen molar-refractivity contribution in [3.8, 4) is 0 Å². The van der Waals surface area contributed by atoms with Crippen LogP contribution in [0, 0.1) is 6.92 Å². The number of benzene rings is 3. The standard InChI is InChI=1S/C28H31BrClN3O4S/c1-4-31-28(35)26(16-21-8-6-5-7-9-21)32(18-22-11-13-23(29)14-12-22)27(34)19-33(38(3,36)37)25-17-24(30)15-10-20(25)2/h5-15,17,26H,4,16,18-19H2,1-3H3,(H,31,35). The van der Waals surface area contributed by atoms with Crippen molar-refractivity contribution < 1.29 is 18.0 Å². The lowest BCUT2D eigenvalue weighted by molar-refractivity contribution is -0.140. The molecular formula is C28H31BrClN3O4S. The molecule has 0 aromatic heterocycles. The van der Waals surface area contributed by atoms with Crippen LogP contribution in [0.5, 0.6) is 0 Å². The second-order valence-corrected chi connectivity index (χ2v) is 12.2. The molecule has 0 radical (unpaired) electrons. The molecule has 202 valence electrons. The number of nitrogens with zero attached hydrogens (tertiary/aromatic N) is 2. The van der Waals surface area contributed by atoms with Gasteiger partial charge in [0, 0.05) is 29.0 Å². The molecule has 2 amide bonds. The van der Waals surface area contributed by atoms with Gasteiger partial charge in [-0.2, -0.15) is 0 Å². The number of nitrogens with one attached hydrogen (secondary N) is 1. The minimum Gasteiger partial charge on any atom is -0.355 e. The molecule has 1 unspecified atom stereocenters. The maximum Gasteiger partial charge on any atom is 0.244 e. The third-order valence-electron chi connectivity index (χ3n) is 6.01. The van der Waals surface area contributed by atoms with Crippen molar-refractivity contribution in [2.75, 3.05) is 23.7 Å². The lowest BCUT2D eigenvalue weighted by Crippen LogP contribution is -2.53. The zero-order valence-electron chi connectivity index (χ0n) is 21.5. The highest BCUT2D eigenvalue weighted by Crippen LogP contribution is 2.27. The first kappa shape index (κ1) is 29.7. The normalized spacial score (nSPS) is 12.0. The van der Waals surface area contributed by atoms with E-state index in [-0.39, 0.29) is 18.9 Å². The van der Waals surface area contributed by atoms with E-state index in [1.165, 1.54) is 11.0 Å². The summed E-state index contributed by atoms with van der Waals surface area (Å²) in [5.74, 6) is -0.823. The summed E-state index contributed by atoms with van der Waals surface area (Å²) in [7, 11) is -3.86. The number of hydrogen-bond donors (Lipinski definition) is 1. The number of sulfonamides is 1. The molecule has 7 nitrogen and oxygen atoms in total. The van der Waals surface area contributed by atoms with Crippen LogP contribution in [0.15, 0.2) is 77.3 Å². The molecule has 1 atom stereocenters. The summed E-state index contributed by atoms with van der Waals surface area (Å²) in [5.41, 5.74) is 2.64. The summed E-state index contributed by atoms with van der Waals surface area (Å²) < 4.78 is 27.7. The monoisotopic (exact) mass is 619 g/mol. The summed E-state index contributed by atoms with van der Waals surface area (Å²) in [5, 5.41) is 3.19. The number of carbonyl (C=O) groups excluding carboxylic acids is 2. The Kier molecular flexibility index (Phi) is 10.4. The molecule has 0 fully saturated rings. The largest absolute Gasteiger partial charge is 0.355 e. The number of aryl methyl sites for hydroxylation is 1. The molecule has 10 heteroatoms. The first-order valence-corrected chi connectivity index (χ1v) is 15.1. The number of anilines is 1. The Balaban J connectivity index is 2.06. The zero-order valence-corrected chi connectivity index (χ0v) is 24.7. The first-order chi connectivity index (χ1) is 18.0. The summed E-state index contributed by atoms with van der Waals surface area (Å²) in [4.78, 5) is 28.8. The van der Waals surface area contributed by atoms with Crippen LogP contribution >= 0.6 is 27.5 Å². The summed E-state index contributed by atoms with van der Waals surface area (Å²) >= 11 is 9.60. The lowest BCUT2D eigenvalue weighted by atomic mass is 10.0. The molecule has 1 N–H and O–H groups in total. The van der Waals surface area contributed by atoms with E-state index < -0.39 is 28.5 Å². The fourth-order valence-electron chi connectivity index (χ4n) is 4.08. The highest BCUT2D eigenvalue weighted by Gasteiger charge is 2.33. The molecule has 0 aliphatic carbocycles. The van der Waals surface area contributed by atoms with Gasteiger partial charge in [-0.1, -0.05) is 76.1 Å². The number of likely N-dealkylation sites (N-methyl/N-ethyl adjacent to an activating group) is 1. The van der Waals surface area contributed by atoms with E-state index in [0.29, 0.717) is 22.8 Å². The van der Waals surface area contributed by atoms with Crippen LogP contribution in [0.1, 0.15) is 23.6 Å². The van der Waals surface area contributed by atoms with Crippen molar-refractivity contribution in [1.29, 1.82) is 0 Å². The van der Waals surface area contributed by atoms with Gasteiger partial charge < -0.3 is 10.2 Å². The minimum atomic E-state index is -3.86. The van der Waals surface area contributed by atoms with Gasteiger partial charge in [0.05, 0.1) is 11.9 Å². The number of carbonyl (C=O) groups is 2. The van der Waals surface area contributed by atoms with Crippen LogP contribution in [0.25, 0.3) is 0 Å². The van der Waals surface area contributed by atoms with Crippen molar-refractivity contribution in [1.82, 2.24) is 10.2 Å². The van der Waals surface area contributed by atoms with Crippen LogP contribution < -0.4 is 9.62 Å². The molecule has 38 heavy (non-hydrogen) atoms. The third kappa shape index (κ3) is 8.06. The second kappa shape index (κ2) is 13.3.